The van der Waals surface area contributed by atoms with E-state index in [1.807, 2.05) is 0 Å². The fourth-order valence-corrected chi connectivity index (χ4v) is 3.84. The molecule has 2 heterocycles. The van der Waals surface area contributed by atoms with Crippen LogP contribution in [0.25, 0.3) is 0 Å². The molecule has 0 aromatic heterocycles. The van der Waals surface area contributed by atoms with Crippen molar-refractivity contribution in [3.8, 4) is 0 Å². The molecule has 0 spiro atoms. The van der Waals surface area contributed by atoms with Gasteiger partial charge >= 0.3 is 0 Å². The monoisotopic (exact) mass is 271 g/mol. The van der Waals surface area contributed by atoms with Crippen molar-refractivity contribution in [3.05, 3.63) is 47.2 Å². The fraction of sp³-hybridized carbons (Fsp3) is 0.500. The first-order chi connectivity index (χ1) is 9.92. The Hall–Kier alpha value is -1.36. The molecule has 0 bridgehead atoms. The Bertz CT molecular complexity index is 514. The Balaban J connectivity index is 1.60. The quantitative estimate of drug-likeness (QED) is 0.763. The minimum atomic E-state index is 0.472. The zero-order valence-corrected chi connectivity index (χ0v) is 11.6. The predicted octanol–water partition coefficient (Wildman–Crippen LogP) is 1.52. The number of hydrazine groups is 1. The molecule has 3 N–H and O–H groups in total. The van der Waals surface area contributed by atoms with E-state index < -0.39 is 0 Å². The van der Waals surface area contributed by atoms with Crippen LogP contribution in [-0.2, 0) is 11.3 Å². The van der Waals surface area contributed by atoms with E-state index in [1.165, 1.54) is 16.9 Å². The summed E-state index contributed by atoms with van der Waals surface area (Å²) >= 11 is 0. The van der Waals surface area contributed by atoms with Crippen LogP contribution in [0.4, 0.5) is 0 Å². The van der Waals surface area contributed by atoms with Gasteiger partial charge in [0, 0.05) is 25.0 Å². The molecule has 1 aliphatic carbocycles. The minimum Gasteiger partial charge on any atom is -0.413 e. The van der Waals surface area contributed by atoms with Crippen molar-refractivity contribution in [2.45, 2.75) is 25.3 Å². The molecule has 0 saturated carbocycles. The molecule has 3 atom stereocenters. The lowest BCUT2D eigenvalue weighted by Gasteiger charge is -2.38. The average Bonchev–Trinajstić information content (AvgIpc) is 2.98. The number of nitrogens with one attached hydrogen (secondary N) is 3. The molecule has 2 aliphatic heterocycles. The van der Waals surface area contributed by atoms with Crippen LogP contribution in [0.15, 0.2) is 41.7 Å². The Morgan fingerprint density at radius 1 is 1.20 bits per heavy atom. The molecule has 1 aromatic rings. The first-order valence-corrected chi connectivity index (χ1v) is 7.56. The number of rotatable bonds is 2. The van der Waals surface area contributed by atoms with E-state index in [9.17, 15) is 0 Å². The summed E-state index contributed by atoms with van der Waals surface area (Å²) in [4.78, 5) is 5.74. The van der Waals surface area contributed by atoms with Crippen molar-refractivity contribution in [1.29, 1.82) is 0 Å². The van der Waals surface area contributed by atoms with Crippen molar-refractivity contribution in [2.24, 2.45) is 11.8 Å². The Morgan fingerprint density at radius 2 is 2.10 bits per heavy atom. The summed E-state index contributed by atoms with van der Waals surface area (Å²) in [5, 5.41) is 0. The molecule has 0 radical (unpaired) electrons. The van der Waals surface area contributed by atoms with Gasteiger partial charge in [-0.1, -0.05) is 30.3 Å². The van der Waals surface area contributed by atoms with E-state index in [-0.39, 0.29) is 0 Å². The predicted molar refractivity (Wildman–Crippen MR) is 77.4 cm³/mol. The van der Waals surface area contributed by atoms with Crippen LogP contribution in [0.1, 0.15) is 18.4 Å². The molecule has 4 rings (SSSR count). The summed E-state index contributed by atoms with van der Waals surface area (Å²) in [6, 6.07) is 11.3. The van der Waals surface area contributed by atoms with Gasteiger partial charge in [0.1, 0.15) is 5.76 Å². The number of hydroxylamine groups is 1. The summed E-state index contributed by atoms with van der Waals surface area (Å²) in [5.41, 5.74) is 12.8. The molecule has 4 nitrogen and oxygen atoms in total. The molecule has 106 valence electrons. The molecule has 1 fully saturated rings. The van der Waals surface area contributed by atoms with Crippen molar-refractivity contribution in [1.82, 2.24) is 16.3 Å². The second kappa shape index (κ2) is 5.20. The van der Waals surface area contributed by atoms with E-state index in [0.717, 1.165) is 32.4 Å². The second-order valence-electron chi connectivity index (χ2n) is 6.03. The van der Waals surface area contributed by atoms with Crippen molar-refractivity contribution >= 4 is 0 Å². The van der Waals surface area contributed by atoms with Crippen LogP contribution in [0, 0.1) is 11.8 Å². The van der Waals surface area contributed by atoms with Gasteiger partial charge < -0.3 is 4.84 Å². The SMILES string of the molecule is c1ccc(CC2CC3=C(ONCC3)C3CNNC23)cc1. The van der Waals surface area contributed by atoms with E-state index >= 15 is 0 Å². The number of fused-ring (bicyclic) bond motifs is 2. The Morgan fingerprint density at radius 3 is 3.00 bits per heavy atom. The van der Waals surface area contributed by atoms with E-state index in [0.29, 0.717) is 17.9 Å². The lowest BCUT2D eigenvalue weighted by Crippen LogP contribution is -2.44. The number of benzene rings is 1. The summed E-state index contributed by atoms with van der Waals surface area (Å²) in [6.45, 7) is 1.91. The summed E-state index contributed by atoms with van der Waals surface area (Å²) in [7, 11) is 0. The first kappa shape index (κ1) is 12.4. The van der Waals surface area contributed by atoms with Gasteiger partial charge in [0.25, 0.3) is 0 Å². The van der Waals surface area contributed by atoms with Gasteiger partial charge in [-0.05, 0) is 36.3 Å². The normalized spacial score (nSPS) is 32.5. The third-order valence-corrected chi connectivity index (χ3v) is 4.78. The van der Waals surface area contributed by atoms with Gasteiger partial charge in [0.15, 0.2) is 0 Å². The lowest BCUT2D eigenvalue weighted by molar-refractivity contribution is 0.0490. The van der Waals surface area contributed by atoms with Gasteiger partial charge in [-0.3, -0.25) is 10.9 Å². The third-order valence-electron chi connectivity index (χ3n) is 4.78. The van der Waals surface area contributed by atoms with Crippen LogP contribution >= 0.6 is 0 Å². The zero-order chi connectivity index (χ0) is 13.4. The van der Waals surface area contributed by atoms with Crippen molar-refractivity contribution in [3.63, 3.8) is 0 Å². The molecule has 1 saturated heterocycles. The average molecular weight is 271 g/mol. The van der Waals surface area contributed by atoms with Crippen molar-refractivity contribution in [2.75, 3.05) is 13.1 Å². The largest absolute Gasteiger partial charge is 0.413 e. The number of hydrogen-bond acceptors (Lipinski definition) is 4. The molecular weight excluding hydrogens is 250 g/mol. The maximum Gasteiger partial charge on any atom is 0.129 e. The number of hydrogen-bond donors (Lipinski definition) is 3. The highest BCUT2D eigenvalue weighted by molar-refractivity contribution is 5.25. The van der Waals surface area contributed by atoms with Crippen molar-refractivity contribution < 1.29 is 4.84 Å². The van der Waals surface area contributed by atoms with Crippen LogP contribution < -0.4 is 16.3 Å². The highest BCUT2D eigenvalue weighted by Gasteiger charge is 2.43. The smallest absolute Gasteiger partial charge is 0.129 e. The summed E-state index contributed by atoms with van der Waals surface area (Å²) in [6.07, 6.45) is 3.42. The molecule has 1 aromatic carbocycles. The van der Waals surface area contributed by atoms with E-state index in [1.54, 1.807) is 0 Å². The maximum absolute atomic E-state index is 5.74. The third kappa shape index (κ3) is 2.14. The van der Waals surface area contributed by atoms with Crippen LogP contribution in [0.2, 0.25) is 0 Å². The molecule has 3 unspecified atom stereocenters. The van der Waals surface area contributed by atoms with E-state index in [2.05, 4.69) is 46.7 Å². The van der Waals surface area contributed by atoms with Gasteiger partial charge in [-0.2, -0.15) is 5.48 Å². The van der Waals surface area contributed by atoms with Gasteiger partial charge in [0.05, 0.1) is 0 Å². The van der Waals surface area contributed by atoms with Crippen LogP contribution in [-0.4, -0.2) is 19.1 Å². The molecular formula is C16H21N3O. The highest BCUT2D eigenvalue weighted by atomic mass is 16.6. The van der Waals surface area contributed by atoms with Crippen LogP contribution in [0.5, 0.6) is 0 Å². The standard InChI is InChI=1S/C16H21N3O/c1-2-4-11(5-3-1)8-13-9-12-6-7-18-20-16(12)14-10-17-19-15(13)14/h1-5,13-15,17-19H,6-10H2. The molecule has 0 amide bonds. The van der Waals surface area contributed by atoms with Gasteiger partial charge in [0.2, 0.25) is 0 Å². The fourth-order valence-electron chi connectivity index (χ4n) is 3.84. The molecule has 20 heavy (non-hydrogen) atoms. The Kier molecular flexibility index (Phi) is 3.22. The molecule has 4 heteroatoms. The maximum atomic E-state index is 5.74. The van der Waals surface area contributed by atoms with Crippen LogP contribution in [0.3, 0.4) is 0 Å². The van der Waals surface area contributed by atoms with Gasteiger partial charge in [-0.15, -0.1) is 0 Å². The summed E-state index contributed by atoms with van der Waals surface area (Å²) < 4.78 is 0. The molecule has 3 aliphatic rings. The Labute approximate surface area is 119 Å². The van der Waals surface area contributed by atoms with E-state index in [4.69, 9.17) is 4.84 Å². The highest BCUT2D eigenvalue weighted by Crippen LogP contribution is 2.39. The summed E-state index contributed by atoms with van der Waals surface area (Å²) in [5.74, 6) is 2.32. The topological polar surface area (TPSA) is 45.3 Å². The first-order valence-electron chi connectivity index (χ1n) is 7.56. The second-order valence-corrected chi connectivity index (χ2v) is 6.03. The minimum absolute atomic E-state index is 0.472. The lowest BCUT2D eigenvalue weighted by atomic mass is 9.74. The van der Waals surface area contributed by atoms with Gasteiger partial charge in [-0.25, -0.2) is 0 Å². The zero-order valence-electron chi connectivity index (χ0n) is 11.6.